The van der Waals surface area contributed by atoms with Gasteiger partial charge in [0, 0.05) is 5.75 Å². The first kappa shape index (κ1) is 12.9. The molecule has 0 aromatic heterocycles. The van der Waals surface area contributed by atoms with Crippen molar-refractivity contribution in [1.82, 2.24) is 0 Å². The largest absolute Gasteiger partial charge is 0.344 e. The van der Waals surface area contributed by atoms with Gasteiger partial charge in [0.1, 0.15) is 4.99 Å². The highest BCUT2D eigenvalue weighted by atomic mass is 33.1. The molecule has 0 aromatic carbocycles. The average Bonchev–Trinajstić information content (AvgIpc) is 2.20. The summed E-state index contributed by atoms with van der Waals surface area (Å²) in [5.74, 6) is 1.14. The highest BCUT2D eigenvalue weighted by molar-refractivity contribution is 8.77. The minimum Gasteiger partial charge on any atom is -0.308 e. The van der Waals surface area contributed by atoms with E-state index in [0.29, 0.717) is 13.2 Å². The maximum atomic E-state index is 12.3. The van der Waals surface area contributed by atoms with Crippen molar-refractivity contribution in [3.05, 3.63) is 0 Å². The van der Waals surface area contributed by atoms with Crippen LogP contribution in [0.1, 0.15) is 26.7 Å². The molecule has 0 N–H and O–H groups in total. The third-order valence-corrected chi connectivity index (χ3v) is 8.20. The lowest BCUT2D eigenvalue weighted by Gasteiger charge is -2.27. The molecule has 1 aliphatic rings. The van der Waals surface area contributed by atoms with E-state index in [2.05, 4.69) is 0 Å². The van der Waals surface area contributed by atoms with Crippen molar-refractivity contribution in [3.63, 3.8) is 0 Å². The van der Waals surface area contributed by atoms with E-state index in [-0.39, 0.29) is 4.99 Å². The summed E-state index contributed by atoms with van der Waals surface area (Å²) in [7, 11) is 0.567. The molecule has 84 valence electrons. The van der Waals surface area contributed by atoms with Crippen LogP contribution in [0.2, 0.25) is 0 Å². The van der Waals surface area contributed by atoms with Crippen LogP contribution in [0.5, 0.6) is 0 Å². The second-order valence-corrected chi connectivity index (χ2v) is 8.15. The minimum atomic E-state index is -2.85. The van der Waals surface area contributed by atoms with Crippen LogP contribution in [-0.4, -0.2) is 24.0 Å². The molecule has 1 fully saturated rings. The lowest BCUT2D eigenvalue weighted by Crippen LogP contribution is -2.12. The summed E-state index contributed by atoms with van der Waals surface area (Å²) in [6.45, 7) is 4.62. The smallest absolute Gasteiger partial charge is 0.308 e. The Bertz CT molecular complexity index is 197. The van der Waals surface area contributed by atoms with E-state index in [0.717, 1.165) is 18.6 Å². The summed E-state index contributed by atoms with van der Waals surface area (Å²) in [6.07, 6.45) is 2.04. The Balaban J connectivity index is 2.59. The highest BCUT2D eigenvalue weighted by Gasteiger charge is 2.37. The van der Waals surface area contributed by atoms with Crippen molar-refractivity contribution < 1.29 is 13.6 Å². The zero-order chi connectivity index (χ0) is 10.4. The van der Waals surface area contributed by atoms with Gasteiger partial charge >= 0.3 is 7.60 Å². The molecule has 1 aliphatic heterocycles. The van der Waals surface area contributed by atoms with Gasteiger partial charge in [-0.05, 0) is 26.7 Å². The fourth-order valence-electron chi connectivity index (χ4n) is 1.27. The molecule has 0 saturated carbocycles. The van der Waals surface area contributed by atoms with Crippen LogP contribution in [0.3, 0.4) is 0 Å². The Morgan fingerprint density at radius 2 is 2.00 bits per heavy atom. The normalized spacial score (nSPS) is 23.7. The monoisotopic (exact) mass is 256 g/mol. The summed E-state index contributed by atoms with van der Waals surface area (Å²) in [5, 5.41) is 0. The van der Waals surface area contributed by atoms with Gasteiger partial charge in [0.2, 0.25) is 0 Å². The van der Waals surface area contributed by atoms with Gasteiger partial charge in [-0.15, -0.1) is 0 Å². The first-order valence-corrected chi connectivity index (χ1v) is 8.89. The second-order valence-electron chi connectivity index (χ2n) is 2.89. The molecule has 0 bridgehead atoms. The van der Waals surface area contributed by atoms with Crippen molar-refractivity contribution in [2.45, 2.75) is 31.7 Å². The molecule has 1 atom stereocenters. The summed E-state index contributed by atoms with van der Waals surface area (Å²) < 4.78 is 22.9. The van der Waals surface area contributed by atoms with E-state index in [9.17, 15) is 4.57 Å². The lowest BCUT2D eigenvalue weighted by molar-refractivity contribution is 0.217. The summed E-state index contributed by atoms with van der Waals surface area (Å²) in [5.41, 5.74) is 0. The summed E-state index contributed by atoms with van der Waals surface area (Å²) in [4.78, 5) is 0.0288. The van der Waals surface area contributed by atoms with E-state index < -0.39 is 7.60 Å². The minimum absolute atomic E-state index is 0.0288. The standard InChI is InChI=1S/C8H17O3PS2/c1-3-10-12(9,11-4-2)8-6-5-7-13-14-8/h8H,3-7H2,1-2H3. The zero-order valence-electron chi connectivity index (χ0n) is 8.60. The van der Waals surface area contributed by atoms with E-state index in [1.54, 1.807) is 21.6 Å². The van der Waals surface area contributed by atoms with Gasteiger partial charge in [-0.2, -0.15) is 0 Å². The van der Waals surface area contributed by atoms with Gasteiger partial charge in [-0.25, -0.2) is 0 Å². The predicted molar refractivity (Wildman–Crippen MR) is 63.9 cm³/mol. The summed E-state index contributed by atoms with van der Waals surface area (Å²) in [6, 6.07) is 0. The molecule has 14 heavy (non-hydrogen) atoms. The Hall–Kier alpha value is 0.850. The first-order valence-electron chi connectivity index (χ1n) is 4.90. The van der Waals surface area contributed by atoms with Crippen molar-refractivity contribution in [3.8, 4) is 0 Å². The number of hydrogen-bond donors (Lipinski definition) is 0. The maximum Gasteiger partial charge on any atom is 0.344 e. The Kier molecular flexibility index (Phi) is 5.94. The van der Waals surface area contributed by atoms with Crippen LogP contribution < -0.4 is 0 Å². The molecule has 1 heterocycles. The van der Waals surface area contributed by atoms with Gasteiger partial charge in [0.25, 0.3) is 0 Å². The Morgan fingerprint density at radius 3 is 2.43 bits per heavy atom. The summed E-state index contributed by atoms with van der Waals surface area (Å²) >= 11 is 0. The molecular formula is C8H17O3PS2. The van der Waals surface area contributed by atoms with E-state index in [1.807, 2.05) is 13.8 Å². The molecule has 1 unspecified atom stereocenters. The van der Waals surface area contributed by atoms with Gasteiger partial charge in [0.05, 0.1) is 13.2 Å². The molecule has 0 aliphatic carbocycles. The fraction of sp³-hybridized carbons (Fsp3) is 1.00. The SMILES string of the molecule is CCOP(=O)(OCC)C1CCCSS1. The third kappa shape index (κ3) is 3.46. The second kappa shape index (κ2) is 6.44. The average molecular weight is 256 g/mol. The van der Waals surface area contributed by atoms with Crippen LogP contribution >= 0.6 is 29.2 Å². The van der Waals surface area contributed by atoms with Gasteiger partial charge in [-0.1, -0.05) is 21.6 Å². The fourth-order valence-corrected chi connectivity index (χ4v) is 7.38. The molecule has 1 saturated heterocycles. The van der Waals surface area contributed by atoms with E-state index in [4.69, 9.17) is 9.05 Å². The molecule has 0 spiro atoms. The zero-order valence-corrected chi connectivity index (χ0v) is 11.1. The van der Waals surface area contributed by atoms with Gasteiger partial charge < -0.3 is 9.05 Å². The van der Waals surface area contributed by atoms with E-state index in [1.165, 1.54) is 0 Å². The highest BCUT2D eigenvalue weighted by Crippen LogP contribution is 2.62. The van der Waals surface area contributed by atoms with Crippen molar-refractivity contribution in [2.24, 2.45) is 0 Å². The van der Waals surface area contributed by atoms with Gasteiger partial charge in [0.15, 0.2) is 0 Å². The van der Waals surface area contributed by atoms with Crippen molar-refractivity contribution >= 4 is 29.2 Å². The molecule has 6 heteroatoms. The van der Waals surface area contributed by atoms with Crippen molar-refractivity contribution in [2.75, 3.05) is 19.0 Å². The Morgan fingerprint density at radius 1 is 1.36 bits per heavy atom. The van der Waals surface area contributed by atoms with Crippen molar-refractivity contribution in [1.29, 1.82) is 0 Å². The molecule has 0 aromatic rings. The van der Waals surface area contributed by atoms with Crippen LogP contribution in [0.25, 0.3) is 0 Å². The molecule has 0 amide bonds. The number of rotatable bonds is 5. The van der Waals surface area contributed by atoms with Crippen LogP contribution in [0.15, 0.2) is 0 Å². The lowest BCUT2D eigenvalue weighted by atomic mass is 10.4. The molecular weight excluding hydrogens is 239 g/mol. The van der Waals surface area contributed by atoms with Crippen LogP contribution in [0.4, 0.5) is 0 Å². The molecule has 3 nitrogen and oxygen atoms in total. The number of hydrogen-bond acceptors (Lipinski definition) is 5. The Labute approximate surface area is 93.6 Å². The van der Waals surface area contributed by atoms with Crippen LogP contribution in [0, 0.1) is 0 Å². The topological polar surface area (TPSA) is 35.5 Å². The first-order chi connectivity index (χ1) is 6.73. The molecule has 0 radical (unpaired) electrons. The third-order valence-electron chi connectivity index (χ3n) is 1.83. The van der Waals surface area contributed by atoms with Crippen LogP contribution in [-0.2, 0) is 13.6 Å². The van der Waals surface area contributed by atoms with E-state index >= 15 is 0 Å². The maximum absolute atomic E-state index is 12.3. The quantitative estimate of drug-likeness (QED) is 0.553. The predicted octanol–water partition coefficient (Wildman–Crippen LogP) is 3.75. The van der Waals surface area contributed by atoms with Gasteiger partial charge in [-0.3, -0.25) is 4.57 Å². The molecule has 1 rings (SSSR count).